The minimum atomic E-state index is -0.436. The van der Waals surface area contributed by atoms with Crippen molar-refractivity contribution in [1.29, 1.82) is 0 Å². The van der Waals surface area contributed by atoms with Crippen LogP contribution in [0.3, 0.4) is 0 Å². The molecular weight excluding hydrogens is 268 g/mol. The Morgan fingerprint density at radius 3 is 2.86 bits per heavy atom. The van der Waals surface area contributed by atoms with Gasteiger partial charge in [0, 0.05) is 12.0 Å². The fourth-order valence-electron chi connectivity index (χ4n) is 3.30. The molecule has 1 heterocycles. The molecule has 5 nitrogen and oxygen atoms in total. The number of urea groups is 1. The number of hydrogen-bond acceptors (Lipinski definition) is 3. The molecule has 1 saturated carbocycles. The molecule has 1 aliphatic carbocycles. The zero-order valence-electron chi connectivity index (χ0n) is 12.1. The number of fused-ring (bicyclic) bond motifs is 1. The molecule has 2 amide bonds. The number of para-hydroxylation sites is 1. The highest BCUT2D eigenvalue weighted by molar-refractivity contribution is 5.75. The Bertz CT molecular complexity index is 512. The SMILES string of the molecule is O=C(NC1CCOc2ccccc21)NC1(CO)CCCC1. The third-order valence-electron chi connectivity index (χ3n) is 4.51. The first-order valence-corrected chi connectivity index (χ1v) is 7.64. The minimum absolute atomic E-state index is 0.00475. The Morgan fingerprint density at radius 1 is 1.33 bits per heavy atom. The van der Waals surface area contributed by atoms with Crippen LogP contribution in [0, 0.1) is 0 Å². The van der Waals surface area contributed by atoms with E-state index in [0.717, 1.165) is 43.4 Å². The van der Waals surface area contributed by atoms with Gasteiger partial charge in [0.05, 0.1) is 24.8 Å². The van der Waals surface area contributed by atoms with Crippen LogP contribution in [-0.4, -0.2) is 29.9 Å². The molecule has 114 valence electrons. The van der Waals surface area contributed by atoms with Crippen molar-refractivity contribution in [1.82, 2.24) is 10.6 Å². The molecule has 21 heavy (non-hydrogen) atoms. The predicted molar refractivity (Wildman–Crippen MR) is 79.2 cm³/mol. The van der Waals surface area contributed by atoms with Crippen LogP contribution >= 0.6 is 0 Å². The summed E-state index contributed by atoms with van der Waals surface area (Å²) < 4.78 is 5.60. The van der Waals surface area contributed by atoms with Crippen LogP contribution in [0.5, 0.6) is 5.75 Å². The smallest absolute Gasteiger partial charge is 0.315 e. The Hall–Kier alpha value is -1.75. The number of aliphatic hydroxyl groups is 1. The van der Waals surface area contributed by atoms with Gasteiger partial charge < -0.3 is 20.5 Å². The Labute approximate surface area is 124 Å². The third-order valence-corrected chi connectivity index (χ3v) is 4.51. The van der Waals surface area contributed by atoms with Crippen LogP contribution in [0.4, 0.5) is 4.79 Å². The standard InChI is InChI=1S/C16H22N2O3/c19-11-16(8-3-4-9-16)18-15(20)17-13-7-10-21-14-6-2-1-5-12(13)14/h1-2,5-6,13,19H,3-4,7-11H2,(H2,17,18,20). The average molecular weight is 290 g/mol. The predicted octanol–water partition coefficient (Wildman–Crippen LogP) is 2.11. The normalized spacial score (nSPS) is 23.0. The van der Waals surface area contributed by atoms with Crippen molar-refractivity contribution in [2.45, 2.75) is 43.7 Å². The van der Waals surface area contributed by atoms with Crippen molar-refractivity contribution in [3.8, 4) is 5.75 Å². The molecule has 1 atom stereocenters. The molecule has 5 heteroatoms. The quantitative estimate of drug-likeness (QED) is 0.798. The summed E-state index contributed by atoms with van der Waals surface area (Å²) in [5.74, 6) is 0.840. The molecule has 3 N–H and O–H groups in total. The number of carbonyl (C=O) groups is 1. The van der Waals surface area contributed by atoms with Crippen molar-refractivity contribution in [3.63, 3.8) is 0 Å². The molecule has 1 fully saturated rings. The van der Waals surface area contributed by atoms with Crippen LogP contribution in [0.25, 0.3) is 0 Å². The van der Waals surface area contributed by atoms with E-state index < -0.39 is 5.54 Å². The van der Waals surface area contributed by atoms with Crippen LogP contribution in [-0.2, 0) is 0 Å². The Balaban J connectivity index is 1.66. The number of ether oxygens (including phenoxy) is 1. The molecule has 0 bridgehead atoms. The van der Waals surface area contributed by atoms with Crippen molar-refractivity contribution >= 4 is 6.03 Å². The highest BCUT2D eigenvalue weighted by atomic mass is 16.5. The van der Waals surface area contributed by atoms with Crippen molar-refractivity contribution in [3.05, 3.63) is 29.8 Å². The lowest BCUT2D eigenvalue weighted by Crippen LogP contribution is -2.53. The highest BCUT2D eigenvalue weighted by Crippen LogP contribution is 2.32. The molecule has 0 radical (unpaired) electrons. The molecule has 1 aromatic rings. The minimum Gasteiger partial charge on any atom is -0.493 e. The number of carbonyl (C=O) groups excluding carboxylic acids is 1. The molecule has 3 rings (SSSR count). The van der Waals surface area contributed by atoms with E-state index in [1.54, 1.807) is 0 Å². The van der Waals surface area contributed by atoms with Gasteiger partial charge in [-0.15, -0.1) is 0 Å². The van der Waals surface area contributed by atoms with E-state index in [-0.39, 0.29) is 18.7 Å². The van der Waals surface area contributed by atoms with Crippen LogP contribution in [0.2, 0.25) is 0 Å². The fraction of sp³-hybridized carbons (Fsp3) is 0.562. The maximum Gasteiger partial charge on any atom is 0.315 e. The second-order valence-corrected chi connectivity index (χ2v) is 5.97. The van der Waals surface area contributed by atoms with Crippen LogP contribution in [0.15, 0.2) is 24.3 Å². The summed E-state index contributed by atoms with van der Waals surface area (Å²) in [5, 5.41) is 15.6. The van der Waals surface area contributed by atoms with E-state index in [0.29, 0.717) is 6.61 Å². The van der Waals surface area contributed by atoms with E-state index in [9.17, 15) is 9.90 Å². The summed E-state index contributed by atoms with van der Waals surface area (Å²) in [7, 11) is 0. The maximum atomic E-state index is 12.3. The maximum absolute atomic E-state index is 12.3. The van der Waals surface area contributed by atoms with Gasteiger partial charge in [0.1, 0.15) is 5.75 Å². The fourth-order valence-corrected chi connectivity index (χ4v) is 3.30. The van der Waals surface area contributed by atoms with Gasteiger partial charge in [0.15, 0.2) is 0 Å². The van der Waals surface area contributed by atoms with E-state index in [2.05, 4.69) is 10.6 Å². The van der Waals surface area contributed by atoms with Gasteiger partial charge in [0.25, 0.3) is 0 Å². The van der Waals surface area contributed by atoms with Gasteiger partial charge in [0.2, 0.25) is 0 Å². The lowest BCUT2D eigenvalue weighted by atomic mass is 9.98. The lowest BCUT2D eigenvalue weighted by Gasteiger charge is -2.31. The van der Waals surface area contributed by atoms with Gasteiger partial charge in [-0.2, -0.15) is 0 Å². The van der Waals surface area contributed by atoms with E-state index in [1.807, 2.05) is 24.3 Å². The topological polar surface area (TPSA) is 70.6 Å². The molecular formula is C16H22N2O3. The summed E-state index contributed by atoms with van der Waals surface area (Å²) in [5.41, 5.74) is 0.581. The number of rotatable bonds is 3. The summed E-state index contributed by atoms with van der Waals surface area (Å²) in [6, 6.07) is 7.55. The monoisotopic (exact) mass is 290 g/mol. The number of benzene rings is 1. The van der Waals surface area contributed by atoms with Crippen LogP contribution in [0.1, 0.15) is 43.7 Å². The number of hydrogen-bond donors (Lipinski definition) is 3. The number of nitrogens with one attached hydrogen (secondary N) is 2. The van der Waals surface area contributed by atoms with Gasteiger partial charge in [-0.1, -0.05) is 31.0 Å². The van der Waals surface area contributed by atoms with Crippen LogP contribution < -0.4 is 15.4 Å². The van der Waals surface area contributed by atoms with Crippen molar-refractivity contribution < 1.29 is 14.6 Å². The molecule has 0 aromatic heterocycles. The van der Waals surface area contributed by atoms with Gasteiger partial charge in [-0.3, -0.25) is 0 Å². The van der Waals surface area contributed by atoms with Gasteiger partial charge >= 0.3 is 6.03 Å². The first-order valence-electron chi connectivity index (χ1n) is 7.64. The van der Waals surface area contributed by atoms with E-state index in [4.69, 9.17) is 4.74 Å². The highest BCUT2D eigenvalue weighted by Gasteiger charge is 2.35. The first-order chi connectivity index (χ1) is 10.2. The molecule has 1 aliphatic heterocycles. The number of amides is 2. The van der Waals surface area contributed by atoms with Crippen molar-refractivity contribution in [2.24, 2.45) is 0 Å². The summed E-state index contributed by atoms with van der Waals surface area (Å²) >= 11 is 0. The summed E-state index contributed by atoms with van der Waals surface area (Å²) in [4.78, 5) is 12.3. The summed E-state index contributed by atoms with van der Waals surface area (Å²) in [6.07, 6.45) is 4.57. The molecule has 0 saturated heterocycles. The third kappa shape index (κ3) is 2.97. The second kappa shape index (κ2) is 5.93. The first kappa shape index (κ1) is 14.2. The van der Waals surface area contributed by atoms with Crippen molar-refractivity contribution in [2.75, 3.05) is 13.2 Å². The Morgan fingerprint density at radius 2 is 2.10 bits per heavy atom. The molecule has 1 aromatic carbocycles. The van der Waals surface area contributed by atoms with Gasteiger partial charge in [-0.25, -0.2) is 4.79 Å². The zero-order chi connectivity index (χ0) is 14.7. The molecule has 1 unspecified atom stereocenters. The van der Waals surface area contributed by atoms with Gasteiger partial charge in [-0.05, 0) is 18.9 Å². The second-order valence-electron chi connectivity index (χ2n) is 5.97. The average Bonchev–Trinajstić information content (AvgIpc) is 2.96. The molecule has 2 aliphatic rings. The zero-order valence-corrected chi connectivity index (χ0v) is 12.1. The largest absolute Gasteiger partial charge is 0.493 e. The lowest BCUT2D eigenvalue weighted by molar-refractivity contribution is 0.160. The summed E-state index contributed by atoms with van der Waals surface area (Å²) in [6.45, 7) is 0.609. The van der Waals surface area contributed by atoms with E-state index in [1.165, 1.54) is 0 Å². The number of aliphatic hydroxyl groups excluding tert-OH is 1. The van der Waals surface area contributed by atoms with E-state index >= 15 is 0 Å². The molecule has 0 spiro atoms. The Kier molecular flexibility index (Phi) is 4.01.